The number of nitrogens with zero attached hydrogens (tertiary/aromatic N) is 2. The number of aromatic nitrogens is 1. The molecule has 1 heterocycles. The van der Waals surface area contributed by atoms with Gasteiger partial charge in [-0.05, 0) is 41.5 Å². The van der Waals surface area contributed by atoms with E-state index in [1.165, 1.54) is 34.8 Å². The lowest BCUT2D eigenvalue weighted by molar-refractivity contribution is -0.137. The van der Waals surface area contributed by atoms with Gasteiger partial charge >= 0.3 is 6.18 Å². The average Bonchev–Trinajstić information content (AvgIpc) is 2.85. The number of hydrogen-bond acceptors (Lipinski definition) is 4. The normalized spacial score (nSPS) is 12.0. The molecule has 4 rings (SSSR count). The molecule has 0 spiro atoms. The van der Waals surface area contributed by atoms with Crippen LogP contribution >= 0.6 is 0 Å². The third kappa shape index (κ3) is 6.26. The van der Waals surface area contributed by atoms with E-state index in [0.717, 1.165) is 23.3 Å². The molecule has 9 heteroatoms. The fraction of sp³-hybridized carbons (Fsp3) is 0.115. The minimum atomic E-state index is -4.47. The maximum absolute atomic E-state index is 13.5. The predicted molar refractivity (Wildman–Crippen MR) is 128 cm³/mol. The summed E-state index contributed by atoms with van der Waals surface area (Å²) in [6.45, 7) is 0.338. The largest absolute Gasteiger partial charge is 0.416 e. The van der Waals surface area contributed by atoms with Crippen LogP contribution in [0.3, 0.4) is 0 Å². The molecule has 35 heavy (non-hydrogen) atoms. The molecule has 0 aliphatic rings. The van der Waals surface area contributed by atoms with E-state index in [-0.39, 0.29) is 29.5 Å². The molecule has 0 saturated heterocycles. The summed E-state index contributed by atoms with van der Waals surface area (Å²) in [5.74, 6) is 0.223. The molecule has 0 atom stereocenters. The van der Waals surface area contributed by atoms with E-state index in [1.807, 2.05) is 60.7 Å². The van der Waals surface area contributed by atoms with E-state index in [0.29, 0.717) is 0 Å². The van der Waals surface area contributed by atoms with Crippen molar-refractivity contribution in [1.82, 2.24) is 9.29 Å². The minimum Gasteiger partial charge on any atom is -0.340 e. The molecule has 180 valence electrons. The van der Waals surface area contributed by atoms with Crippen molar-refractivity contribution in [2.75, 3.05) is 5.32 Å². The molecule has 0 unspecified atom stereocenters. The number of anilines is 2. The number of alkyl halides is 3. The van der Waals surface area contributed by atoms with Crippen molar-refractivity contribution >= 4 is 21.5 Å². The number of hydrogen-bond donors (Lipinski definition) is 1. The Hall–Kier alpha value is -3.69. The highest BCUT2D eigenvalue weighted by Gasteiger charge is 2.30. The van der Waals surface area contributed by atoms with Crippen molar-refractivity contribution in [2.45, 2.75) is 24.2 Å². The smallest absolute Gasteiger partial charge is 0.340 e. The number of pyridine rings is 1. The summed E-state index contributed by atoms with van der Waals surface area (Å²) in [5, 5.41) is 2.78. The number of rotatable bonds is 8. The highest BCUT2D eigenvalue weighted by atomic mass is 32.2. The van der Waals surface area contributed by atoms with Crippen molar-refractivity contribution < 1.29 is 21.6 Å². The van der Waals surface area contributed by atoms with Crippen LogP contribution < -0.4 is 5.32 Å². The Kier molecular flexibility index (Phi) is 7.18. The van der Waals surface area contributed by atoms with Gasteiger partial charge < -0.3 is 5.32 Å². The molecule has 0 fully saturated rings. The first kappa shape index (κ1) is 24.4. The van der Waals surface area contributed by atoms with Gasteiger partial charge in [0.15, 0.2) is 0 Å². The zero-order chi connectivity index (χ0) is 24.9. The van der Waals surface area contributed by atoms with Gasteiger partial charge in [-0.1, -0.05) is 66.7 Å². The third-order valence-corrected chi connectivity index (χ3v) is 7.02. The molecular weight excluding hydrogens is 475 g/mol. The Morgan fingerprint density at radius 1 is 0.771 bits per heavy atom. The summed E-state index contributed by atoms with van der Waals surface area (Å²) < 4.78 is 67.3. The molecule has 0 aliphatic heterocycles. The van der Waals surface area contributed by atoms with Gasteiger partial charge in [-0.15, -0.1) is 0 Å². The van der Waals surface area contributed by atoms with Gasteiger partial charge in [-0.2, -0.15) is 17.5 Å². The van der Waals surface area contributed by atoms with Crippen LogP contribution in [0.5, 0.6) is 0 Å². The number of sulfonamides is 1. The third-order valence-electron chi connectivity index (χ3n) is 5.24. The van der Waals surface area contributed by atoms with Gasteiger partial charge in [-0.25, -0.2) is 13.4 Å². The number of halogens is 3. The Morgan fingerprint density at radius 2 is 1.37 bits per heavy atom. The molecule has 1 N–H and O–H groups in total. The second-order valence-corrected chi connectivity index (χ2v) is 9.76. The van der Waals surface area contributed by atoms with Gasteiger partial charge in [0.2, 0.25) is 10.0 Å². The molecule has 4 aromatic rings. The fourth-order valence-electron chi connectivity index (χ4n) is 3.48. The molecule has 0 radical (unpaired) electrons. The second-order valence-electron chi connectivity index (χ2n) is 7.83. The van der Waals surface area contributed by atoms with Gasteiger partial charge in [-0.3, -0.25) is 0 Å². The maximum Gasteiger partial charge on any atom is 0.416 e. The quantitative estimate of drug-likeness (QED) is 0.313. The number of nitrogens with one attached hydrogen (secondary N) is 1. The van der Waals surface area contributed by atoms with Crippen LogP contribution in [0, 0.1) is 0 Å². The summed E-state index contributed by atoms with van der Waals surface area (Å²) in [4.78, 5) is 4.12. The van der Waals surface area contributed by atoms with Crippen LogP contribution in [0.25, 0.3) is 0 Å². The first-order valence-corrected chi connectivity index (χ1v) is 12.1. The summed E-state index contributed by atoms with van der Waals surface area (Å²) in [7, 11) is -3.92. The highest BCUT2D eigenvalue weighted by Crippen LogP contribution is 2.31. The molecule has 0 bridgehead atoms. The van der Waals surface area contributed by atoms with Crippen molar-refractivity contribution in [3.8, 4) is 0 Å². The van der Waals surface area contributed by atoms with E-state index in [9.17, 15) is 21.6 Å². The van der Waals surface area contributed by atoms with Crippen LogP contribution in [0.4, 0.5) is 24.7 Å². The van der Waals surface area contributed by atoms with E-state index >= 15 is 0 Å². The summed E-state index contributed by atoms with van der Waals surface area (Å²) >= 11 is 0. The fourth-order valence-corrected chi connectivity index (χ4v) is 4.84. The van der Waals surface area contributed by atoms with E-state index in [4.69, 9.17) is 0 Å². The van der Waals surface area contributed by atoms with Crippen molar-refractivity contribution in [1.29, 1.82) is 0 Å². The molecule has 0 amide bonds. The zero-order valence-electron chi connectivity index (χ0n) is 18.5. The lowest BCUT2D eigenvalue weighted by atomic mass is 10.2. The van der Waals surface area contributed by atoms with Crippen LogP contribution in [0.15, 0.2) is 108 Å². The zero-order valence-corrected chi connectivity index (χ0v) is 19.3. The molecule has 0 aliphatic carbocycles. The average molecular weight is 498 g/mol. The van der Waals surface area contributed by atoms with Gasteiger partial charge in [0.25, 0.3) is 0 Å². The van der Waals surface area contributed by atoms with Gasteiger partial charge in [0.05, 0.1) is 5.56 Å². The molecule has 1 aromatic heterocycles. The van der Waals surface area contributed by atoms with Gasteiger partial charge in [0.1, 0.15) is 10.7 Å². The highest BCUT2D eigenvalue weighted by molar-refractivity contribution is 7.89. The molecule has 3 aromatic carbocycles. The van der Waals surface area contributed by atoms with E-state index in [1.54, 1.807) is 0 Å². The van der Waals surface area contributed by atoms with Crippen LogP contribution in [0.1, 0.15) is 16.7 Å². The standard InChI is InChI=1S/C26H22F3N3O2S/c27-26(28,29)22-12-7-13-23(16-22)31-25-15-14-24(17-30-25)35(33,34)32(18-20-8-3-1-4-9-20)19-21-10-5-2-6-11-21/h1-17H,18-19H2,(H,30,31). The van der Waals surface area contributed by atoms with E-state index in [2.05, 4.69) is 10.3 Å². The number of benzene rings is 3. The summed E-state index contributed by atoms with van der Waals surface area (Å²) in [6.07, 6.45) is -3.27. The molecular formula is C26H22F3N3O2S. The van der Waals surface area contributed by atoms with Crippen molar-refractivity contribution in [3.63, 3.8) is 0 Å². The van der Waals surface area contributed by atoms with Crippen molar-refractivity contribution in [3.05, 3.63) is 120 Å². The first-order chi connectivity index (χ1) is 16.7. The maximum atomic E-state index is 13.5. The summed E-state index contributed by atoms with van der Waals surface area (Å²) in [6, 6.07) is 26.0. The lowest BCUT2D eigenvalue weighted by Crippen LogP contribution is -2.30. The topological polar surface area (TPSA) is 62.3 Å². The van der Waals surface area contributed by atoms with Gasteiger partial charge in [0, 0.05) is 25.0 Å². The predicted octanol–water partition coefficient (Wildman–Crippen LogP) is 6.24. The Labute approximate surface area is 201 Å². The van der Waals surface area contributed by atoms with Crippen molar-refractivity contribution in [2.24, 2.45) is 0 Å². The summed E-state index contributed by atoms with van der Waals surface area (Å²) in [5.41, 5.74) is 1.07. The Balaban J connectivity index is 1.57. The van der Waals surface area contributed by atoms with Crippen LogP contribution in [-0.4, -0.2) is 17.7 Å². The SMILES string of the molecule is O=S(=O)(c1ccc(Nc2cccc(C(F)(F)F)c2)nc1)N(Cc1ccccc1)Cc1ccccc1. The first-order valence-electron chi connectivity index (χ1n) is 10.7. The van der Waals surface area contributed by atoms with Crippen LogP contribution in [-0.2, 0) is 29.3 Å². The molecule has 0 saturated carbocycles. The van der Waals surface area contributed by atoms with Crippen LogP contribution in [0.2, 0.25) is 0 Å². The Bertz CT molecular complexity index is 1320. The monoisotopic (exact) mass is 497 g/mol. The Morgan fingerprint density at radius 3 is 1.89 bits per heavy atom. The second kappa shape index (κ2) is 10.3. The molecule has 5 nitrogen and oxygen atoms in total. The van der Waals surface area contributed by atoms with E-state index < -0.39 is 21.8 Å². The lowest BCUT2D eigenvalue weighted by Gasteiger charge is -2.22. The minimum absolute atomic E-state index is 0.0149.